The molecule has 1 aliphatic rings. The molecule has 0 N–H and O–H groups in total. The number of hydrogen-bond donors (Lipinski definition) is 0. The van der Waals surface area contributed by atoms with E-state index in [9.17, 15) is 0 Å². The Labute approximate surface area is 90.1 Å². The van der Waals surface area contributed by atoms with Crippen LogP contribution in [0.3, 0.4) is 0 Å². The normalized spacial score (nSPS) is 22.7. The maximum atomic E-state index is 2.40. The maximum absolute atomic E-state index is 2.40. The Kier molecular flexibility index (Phi) is 3.63. The largest absolute Gasteiger partial charge is 0.321 e. The van der Waals surface area contributed by atoms with Gasteiger partial charge in [0, 0.05) is 5.41 Å². The second-order valence-corrected chi connectivity index (χ2v) is 6.54. The lowest BCUT2D eigenvalue weighted by atomic mass is 9.91. The van der Waals surface area contributed by atoms with Gasteiger partial charge in [-0.25, -0.2) is 0 Å². The fourth-order valence-electron chi connectivity index (χ4n) is 2.94. The second kappa shape index (κ2) is 4.22. The summed E-state index contributed by atoms with van der Waals surface area (Å²) >= 11 is 0. The van der Waals surface area contributed by atoms with E-state index < -0.39 is 0 Å². The lowest BCUT2D eigenvalue weighted by Crippen LogP contribution is -2.59. The molecule has 84 valence electrons. The van der Waals surface area contributed by atoms with Gasteiger partial charge in [-0.05, 0) is 33.1 Å². The minimum Gasteiger partial charge on any atom is -0.321 e. The predicted molar refractivity (Wildman–Crippen MR) is 63.3 cm³/mol. The number of likely N-dealkylation sites (tertiary alicyclic amines) is 1. The molecule has 0 aromatic heterocycles. The van der Waals surface area contributed by atoms with E-state index in [-0.39, 0.29) is 0 Å². The molecule has 0 aliphatic carbocycles. The van der Waals surface area contributed by atoms with E-state index in [2.05, 4.69) is 34.6 Å². The van der Waals surface area contributed by atoms with Gasteiger partial charge in [-0.15, -0.1) is 0 Å². The van der Waals surface area contributed by atoms with Gasteiger partial charge in [-0.3, -0.25) is 0 Å². The molecule has 1 nitrogen and oxygen atoms in total. The molecule has 0 aromatic rings. The lowest BCUT2D eigenvalue weighted by molar-refractivity contribution is -0.956. The van der Waals surface area contributed by atoms with Crippen LogP contribution < -0.4 is 0 Å². The van der Waals surface area contributed by atoms with Crippen LogP contribution in [0, 0.1) is 5.41 Å². The summed E-state index contributed by atoms with van der Waals surface area (Å²) in [6.07, 6.45) is 4.33. The number of rotatable bonds is 2. The number of piperidine rings is 1. The quantitative estimate of drug-likeness (QED) is 0.596. The molecule has 1 saturated heterocycles. The molecular weight excluding hydrogens is 170 g/mol. The van der Waals surface area contributed by atoms with Crippen LogP contribution >= 0.6 is 0 Å². The van der Waals surface area contributed by atoms with E-state index in [4.69, 9.17) is 0 Å². The zero-order valence-electron chi connectivity index (χ0n) is 10.8. The highest BCUT2D eigenvalue weighted by Crippen LogP contribution is 2.29. The highest BCUT2D eigenvalue weighted by molar-refractivity contribution is 4.66. The second-order valence-electron chi connectivity index (χ2n) is 6.54. The van der Waals surface area contributed by atoms with Crippen LogP contribution in [-0.2, 0) is 0 Å². The van der Waals surface area contributed by atoms with Crippen molar-refractivity contribution in [1.82, 2.24) is 0 Å². The van der Waals surface area contributed by atoms with E-state index in [0.29, 0.717) is 5.41 Å². The number of nitrogens with zero attached hydrogens (tertiary/aromatic N) is 1. The van der Waals surface area contributed by atoms with Crippen molar-refractivity contribution in [3.05, 3.63) is 0 Å². The summed E-state index contributed by atoms with van der Waals surface area (Å²) in [5.41, 5.74) is 0.474. The highest BCUT2D eigenvalue weighted by Gasteiger charge is 2.36. The van der Waals surface area contributed by atoms with Gasteiger partial charge in [0.1, 0.15) is 0 Å². The molecule has 14 heavy (non-hydrogen) atoms. The van der Waals surface area contributed by atoms with Crippen LogP contribution in [0.2, 0.25) is 0 Å². The van der Waals surface area contributed by atoms with Crippen LogP contribution in [0.5, 0.6) is 0 Å². The van der Waals surface area contributed by atoms with Crippen LogP contribution in [-0.4, -0.2) is 30.2 Å². The van der Waals surface area contributed by atoms with Gasteiger partial charge in [0.15, 0.2) is 0 Å². The van der Waals surface area contributed by atoms with Crippen molar-refractivity contribution in [3.8, 4) is 0 Å². The van der Waals surface area contributed by atoms with E-state index in [1.54, 1.807) is 0 Å². The van der Waals surface area contributed by atoms with Gasteiger partial charge in [-0.1, -0.05) is 20.8 Å². The molecule has 1 heteroatoms. The third-order valence-corrected chi connectivity index (χ3v) is 3.59. The zero-order valence-corrected chi connectivity index (χ0v) is 10.8. The van der Waals surface area contributed by atoms with Crippen molar-refractivity contribution >= 4 is 0 Å². The van der Waals surface area contributed by atoms with Crippen LogP contribution in [0.25, 0.3) is 0 Å². The van der Waals surface area contributed by atoms with Gasteiger partial charge in [0.05, 0.1) is 25.7 Å². The van der Waals surface area contributed by atoms with Crippen molar-refractivity contribution < 1.29 is 4.48 Å². The van der Waals surface area contributed by atoms with E-state index in [1.165, 1.54) is 43.4 Å². The standard InChI is InChI=1S/C13H28N/c1-12(2)14(11-13(3,4)5)9-7-6-8-10-14/h12H,6-11H2,1-5H3/q+1. The third-order valence-electron chi connectivity index (χ3n) is 3.59. The van der Waals surface area contributed by atoms with Gasteiger partial charge in [0.25, 0.3) is 0 Å². The molecule has 0 unspecified atom stereocenters. The first-order valence-corrected chi connectivity index (χ1v) is 6.22. The topological polar surface area (TPSA) is 0 Å². The van der Waals surface area contributed by atoms with Crippen molar-refractivity contribution in [2.24, 2.45) is 5.41 Å². The Morgan fingerprint density at radius 3 is 1.86 bits per heavy atom. The molecule has 1 aliphatic heterocycles. The Morgan fingerprint density at radius 1 is 1.00 bits per heavy atom. The fraction of sp³-hybridized carbons (Fsp3) is 1.00. The van der Waals surface area contributed by atoms with Crippen molar-refractivity contribution in [2.45, 2.75) is 59.9 Å². The molecular formula is C13H28N+. The van der Waals surface area contributed by atoms with Gasteiger partial charge in [-0.2, -0.15) is 0 Å². The van der Waals surface area contributed by atoms with Crippen molar-refractivity contribution in [1.29, 1.82) is 0 Å². The Morgan fingerprint density at radius 2 is 1.50 bits per heavy atom. The smallest absolute Gasteiger partial charge is 0.0837 e. The SMILES string of the molecule is CC(C)[N+]1(CC(C)(C)C)CCCCC1. The minimum absolute atomic E-state index is 0.474. The Bertz CT molecular complexity index is 170. The molecule has 0 radical (unpaired) electrons. The molecule has 1 fully saturated rings. The van der Waals surface area contributed by atoms with E-state index in [1.807, 2.05) is 0 Å². The summed E-state index contributed by atoms with van der Waals surface area (Å²) < 4.78 is 1.36. The summed E-state index contributed by atoms with van der Waals surface area (Å²) in [5.74, 6) is 0. The minimum atomic E-state index is 0.474. The molecule has 0 spiro atoms. The zero-order chi connectivity index (χ0) is 10.8. The third kappa shape index (κ3) is 2.98. The van der Waals surface area contributed by atoms with Crippen LogP contribution in [0.15, 0.2) is 0 Å². The first-order chi connectivity index (χ1) is 6.36. The number of hydrogen-bond acceptors (Lipinski definition) is 0. The Balaban J connectivity index is 2.71. The van der Waals surface area contributed by atoms with Gasteiger partial charge < -0.3 is 4.48 Å². The average molecular weight is 198 g/mol. The molecule has 1 heterocycles. The molecule has 0 aromatic carbocycles. The average Bonchev–Trinajstić information content (AvgIpc) is 2.02. The van der Waals surface area contributed by atoms with Crippen molar-refractivity contribution in [2.75, 3.05) is 19.6 Å². The lowest BCUT2D eigenvalue weighted by Gasteiger charge is -2.48. The summed E-state index contributed by atoms with van der Waals surface area (Å²) in [4.78, 5) is 0. The monoisotopic (exact) mass is 198 g/mol. The first kappa shape index (κ1) is 12.0. The summed E-state index contributed by atoms with van der Waals surface area (Å²) in [7, 11) is 0. The molecule has 0 bridgehead atoms. The molecule has 0 atom stereocenters. The first-order valence-electron chi connectivity index (χ1n) is 6.22. The molecule has 1 rings (SSSR count). The van der Waals surface area contributed by atoms with Crippen LogP contribution in [0.1, 0.15) is 53.9 Å². The summed E-state index contributed by atoms with van der Waals surface area (Å²) in [6, 6.07) is 0.800. The van der Waals surface area contributed by atoms with E-state index >= 15 is 0 Å². The van der Waals surface area contributed by atoms with Crippen molar-refractivity contribution in [3.63, 3.8) is 0 Å². The van der Waals surface area contributed by atoms with Gasteiger partial charge >= 0.3 is 0 Å². The highest BCUT2D eigenvalue weighted by atomic mass is 15.4. The maximum Gasteiger partial charge on any atom is 0.0837 e. The van der Waals surface area contributed by atoms with E-state index in [0.717, 1.165) is 6.04 Å². The summed E-state index contributed by atoms with van der Waals surface area (Å²) in [5, 5.41) is 0. The Hall–Kier alpha value is -0.0400. The fourth-order valence-corrected chi connectivity index (χ4v) is 2.94. The number of quaternary nitrogens is 1. The summed E-state index contributed by atoms with van der Waals surface area (Å²) in [6.45, 7) is 16.1. The molecule has 0 saturated carbocycles. The van der Waals surface area contributed by atoms with Gasteiger partial charge in [0.2, 0.25) is 0 Å². The molecule has 0 amide bonds. The predicted octanol–water partition coefficient (Wildman–Crippen LogP) is 3.44. The van der Waals surface area contributed by atoms with Crippen LogP contribution in [0.4, 0.5) is 0 Å².